The van der Waals surface area contributed by atoms with Crippen LogP contribution in [0.3, 0.4) is 0 Å². The third-order valence-electron chi connectivity index (χ3n) is 5.98. The molecule has 31 heavy (non-hydrogen) atoms. The molecule has 0 spiro atoms. The van der Waals surface area contributed by atoms with Gasteiger partial charge in [-0.3, -0.25) is 0 Å². The summed E-state index contributed by atoms with van der Waals surface area (Å²) in [6.07, 6.45) is 0.513. The summed E-state index contributed by atoms with van der Waals surface area (Å²) in [6, 6.07) is 18.6. The highest BCUT2D eigenvalue weighted by Gasteiger charge is 2.25. The van der Waals surface area contributed by atoms with E-state index in [2.05, 4.69) is 0 Å². The van der Waals surface area contributed by atoms with E-state index in [4.69, 9.17) is 9.15 Å². The maximum Gasteiger partial charge on any atom is 0.340 e. The lowest BCUT2D eigenvalue weighted by atomic mass is 9.96. The molecular formula is C26H22FNO3. The number of benzene rings is 3. The lowest BCUT2D eigenvalue weighted by molar-refractivity contribution is 0.286. The molecule has 0 aliphatic carbocycles. The molecule has 5 rings (SSSR count). The summed E-state index contributed by atoms with van der Waals surface area (Å²) >= 11 is 0. The van der Waals surface area contributed by atoms with Gasteiger partial charge < -0.3 is 14.1 Å². The van der Waals surface area contributed by atoms with Crippen LogP contribution in [0.5, 0.6) is 5.75 Å². The Labute approximate surface area is 179 Å². The van der Waals surface area contributed by atoms with Gasteiger partial charge in [0.2, 0.25) is 0 Å². The van der Waals surface area contributed by atoms with E-state index in [1.54, 1.807) is 12.1 Å². The molecule has 4 nitrogen and oxygen atoms in total. The van der Waals surface area contributed by atoms with Crippen molar-refractivity contribution in [3.63, 3.8) is 0 Å². The Morgan fingerprint density at radius 3 is 2.52 bits per heavy atom. The van der Waals surface area contributed by atoms with E-state index in [1.807, 2.05) is 61.2 Å². The van der Waals surface area contributed by atoms with E-state index < -0.39 is 0 Å². The average Bonchev–Trinajstić information content (AvgIpc) is 2.78. The Morgan fingerprint density at radius 1 is 1.00 bits per heavy atom. The van der Waals surface area contributed by atoms with E-state index >= 15 is 0 Å². The van der Waals surface area contributed by atoms with E-state index in [9.17, 15) is 9.18 Å². The van der Waals surface area contributed by atoms with Gasteiger partial charge in [-0.1, -0.05) is 42.5 Å². The second-order valence-corrected chi connectivity index (χ2v) is 7.94. The molecule has 3 aromatic carbocycles. The van der Waals surface area contributed by atoms with Crippen LogP contribution in [-0.4, -0.2) is 6.73 Å². The fourth-order valence-corrected chi connectivity index (χ4v) is 4.31. The Bertz CT molecular complexity index is 1340. The molecule has 1 aromatic heterocycles. The number of nitrogens with zero attached hydrogens (tertiary/aromatic N) is 1. The number of anilines is 1. The van der Waals surface area contributed by atoms with Crippen molar-refractivity contribution in [3.8, 4) is 5.75 Å². The molecule has 0 radical (unpaired) electrons. The van der Waals surface area contributed by atoms with Crippen LogP contribution in [0.4, 0.5) is 10.1 Å². The predicted octanol–water partition coefficient (Wildman–Crippen LogP) is 5.50. The van der Waals surface area contributed by atoms with E-state index in [0.29, 0.717) is 35.5 Å². The summed E-state index contributed by atoms with van der Waals surface area (Å²) < 4.78 is 26.1. The largest absolute Gasteiger partial charge is 0.472 e. The van der Waals surface area contributed by atoms with Gasteiger partial charge in [-0.25, -0.2) is 9.18 Å². The highest BCUT2D eigenvalue weighted by Crippen LogP contribution is 2.37. The molecule has 0 N–H and O–H groups in total. The van der Waals surface area contributed by atoms with Crippen molar-refractivity contribution >= 4 is 16.7 Å². The van der Waals surface area contributed by atoms with Crippen molar-refractivity contribution in [1.29, 1.82) is 0 Å². The third kappa shape index (κ3) is 3.36. The Kier molecular flexibility index (Phi) is 4.74. The van der Waals surface area contributed by atoms with Crippen LogP contribution in [0, 0.1) is 19.7 Å². The zero-order chi connectivity index (χ0) is 21.5. The minimum atomic E-state index is -0.319. The molecule has 5 heteroatoms. The maximum absolute atomic E-state index is 14.3. The smallest absolute Gasteiger partial charge is 0.340 e. The van der Waals surface area contributed by atoms with E-state index in [0.717, 1.165) is 27.6 Å². The number of aryl methyl sites for hydroxylation is 2. The molecule has 0 bridgehead atoms. The second kappa shape index (κ2) is 7.58. The van der Waals surface area contributed by atoms with Crippen LogP contribution < -0.4 is 15.3 Å². The number of hydrogen-bond acceptors (Lipinski definition) is 4. The summed E-state index contributed by atoms with van der Waals surface area (Å²) in [5.41, 5.74) is 5.10. The van der Waals surface area contributed by atoms with Crippen LogP contribution in [0.25, 0.3) is 11.0 Å². The summed E-state index contributed by atoms with van der Waals surface area (Å²) in [6.45, 7) is 4.61. The first-order valence-electron chi connectivity index (χ1n) is 10.3. The topological polar surface area (TPSA) is 42.7 Å². The van der Waals surface area contributed by atoms with Crippen LogP contribution in [-0.2, 0) is 13.0 Å². The van der Waals surface area contributed by atoms with Crippen molar-refractivity contribution in [1.82, 2.24) is 0 Å². The van der Waals surface area contributed by atoms with Crippen molar-refractivity contribution in [2.75, 3.05) is 11.6 Å². The Hall–Kier alpha value is -3.60. The van der Waals surface area contributed by atoms with Crippen molar-refractivity contribution in [3.05, 3.63) is 105 Å². The first kappa shape index (κ1) is 19.4. The van der Waals surface area contributed by atoms with Crippen molar-refractivity contribution in [2.24, 2.45) is 0 Å². The fourth-order valence-electron chi connectivity index (χ4n) is 4.31. The molecule has 0 saturated carbocycles. The standard InChI is InChI=1S/C26H22FNO3/c1-16-20-13-19-14-28(23-11-7-6-10-22(23)27)15-30-24(19)17(2)25(20)31-26(29)21(16)12-18-8-4-3-5-9-18/h3-11,13H,12,14-15H2,1-2H3. The molecule has 2 heterocycles. The summed E-state index contributed by atoms with van der Waals surface area (Å²) in [5, 5.41) is 0.890. The molecule has 156 valence electrons. The van der Waals surface area contributed by atoms with Gasteiger partial charge in [-0.2, -0.15) is 0 Å². The number of halogens is 1. The van der Waals surface area contributed by atoms with Gasteiger partial charge >= 0.3 is 5.63 Å². The predicted molar refractivity (Wildman–Crippen MR) is 119 cm³/mol. The monoisotopic (exact) mass is 415 g/mol. The summed E-state index contributed by atoms with van der Waals surface area (Å²) in [7, 11) is 0. The zero-order valence-corrected chi connectivity index (χ0v) is 17.4. The zero-order valence-electron chi connectivity index (χ0n) is 17.4. The molecular weight excluding hydrogens is 393 g/mol. The van der Waals surface area contributed by atoms with Gasteiger partial charge in [0.25, 0.3) is 0 Å². The minimum Gasteiger partial charge on any atom is -0.472 e. The fraction of sp³-hybridized carbons (Fsp3) is 0.192. The van der Waals surface area contributed by atoms with Gasteiger partial charge in [0.15, 0.2) is 6.73 Å². The highest BCUT2D eigenvalue weighted by atomic mass is 19.1. The number of ether oxygens (including phenoxy) is 1. The van der Waals surface area contributed by atoms with Crippen LogP contribution >= 0.6 is 0 Å². The maximum atomic E-state index is 14.3. The molecule has 1 aliphatic heterocycles. The van der Waals surface area contributed by atoms with Crippen molar-refractivity contribution < 1.29 is 13.5 Å². The molecule has 0 amide bonds. The lowest BCUT2D eigenvalue weighted by Gasteiger charge is -2.32. The van der Waals surface area contributed by atoms with Gasteiger partial charge in [-0.05, 0) is 43.2 Å². The second-order valence-electron chi connectivity index (χ2n) is 7.94. The number of hydrogen-bond donors (Lipinski definition) is 0. The number of fused-ring (bicyclic) bond motifs is 2. The minimum absolute atomic E-state index is 0.232. The van der Waals surface area contributed by atoms with Gasteiger partial charge in [-0.15, -0.1) is 0 Å². The van der Waals surface area contributed by atoms with Gasteiger partial charge in [0.05, 0.1) is 5.69 Å². The molecule has 0 saturated heterocycles. The molecule has 4 aromatic rings. The first-order chi connectivity index (χ1) is 15.0. The molecule has 0 fully saturated rings. The molecule has 0 atom stereocenters. The number of rotatable bonds is 3. The lowest BCUT2D eigenvalue weighted by Crippen LogP contribution is -2.33. The Balaban J connectivity index is 1.61. The van der Waals surface area contributed by atoms with Gasteiger partial charge in [0.1, 0.15) is 17.1 Å². The normalized spacial score (nSPS) is 13.2. The van der Waals surface area contributed by atoms with Crippen LogP contribution in [0.2, 0.25) is 0 Å². The quantitative estimate of drug-likeness (QED) is 0.415. The van der Waals surface area contributed by atoms with Crippen molar-refractivity contribution in [2.45, 2.75) is 26.8 Å². The first-order valence-corrected chi connectivity index (χ1v) is 10.3. The Morgan fingerprint density at radius 2 is 1.74 bits per heavy atom. The average molecular weight is 415 g/mol. The van der Waals surface area contributed by atoms with Crippen LogP contribution in [0.15, 0.2) is 69.9 Å². The summed E-state index contributed by atoms with van der Waals surface area (Å²) in [4.78, 5) is 14.7. The molecule has 1 aliphatic rings. The number of para-hydroxylation sites is 1. The SMILES string of the molecule is Cc1c(Cc2ccccc2)c(=O)oc2c(C)c3c(cc12)CN(c1ccccc1F)CO3. The summed E-state index contributed by atoms with van der Waals surface area (Å²) in [5.74, 6) is 0.429. The molecule has 0 unspecified atom stereocenters. The highest BCUT2D eigenvalue weighted by molar-refractivity contribution is 5.87. The van der Waals surface area contributed by atoms with E-state index in [1.165, 1.54) is 6.07 Å². The third-order valence-corrected chi connectivity index (χ3v) is 5.98. The van der Waals surface area contributed by atoms with E-state index in [-0.39, 0.29) is 18.2 Å². The van der Waals surface area contributed by atoms with Gasteiger partial charge in [0, 0.05) is 35.0 Å². The van der Waals surface area contributed by atoms with Crippen LogP contribution in [0.1, 0.15) is 27.8 Å².